The maximum atomic E-state index is 13.4. The van der Waals surface area contributed by atoms with Crippen molar-refractivity contribution < 1.29 is 29.0 Å². The van der Waals surface area contributed by atoms with E-state index in [9.17, 15) is 14.4 Å². The molecule has 2 unspecified atom stereocenters. The topological polar surface area (TPSA) is 127 Å². The van der Waals surface area contributed by atoms with Crippen LogP contribution in [0.25, 0.3) is 11.1 Å². The minimum absolute atomic E-state index is 0.0996. The summed E-state index contributed by atoms with van der Waals surface area (Å²) in [6.07, 6.45) is -0.326. The highest BCUT2D eigenvalue weighted by atomic mass is 16.5. The summed E-state index contributed by atoms with van der Waals surface area (Å²) in [5, 5.41) is 14.4. The molecule has 5 rings (SSSR count). The number of nitrogens with one attached hydrogen (secondary N) is 2. The van der Waals surface area contributed by atoms with Gasteiger partial charge in [0.2, 0.25) is 5.91 Å². The van der Waals surface area contributed by atoms with E-state index in [4.69, 9.17) is 14.6 Å². The first kappa shape index (κ1) is 28.5. The molecule has 0 fully saturated rings. The maximum absolute atomic E-state index is 13.4. The van der Waals surface area contributed by atoms with Crippen molar-refractivity contribution in [1.29, 1.82) is 0 Å². The summed E-state index contributed by atoms with van der Waals surface area (Å²) >= 11 is 0. The zero-order chi connectivity index (χ0) is 29.5. The second kappa shape index (κ2) is 13.1. The maximum Gasteiger partial charge on any atom is 0.407 e. The van der Waals surface area contributed by atoms with Crippen molar-refractivity contribution in [1.82, 2.24) is 10.3 Å². The van der Waals surface area contributed by atoms with Crippen LogP contribution >= 0.6 is 0 Å². The number of ether oxygens (including phenoxy) is 2. The number of pyridine rings is 1. The fourth-order valence-corrected chi connectivity index (χ4v) is 5.04. The minimum Gasteiger partial charge on any atom is -0.481 e. The van der Waals surface area contributed by atoms with Gasteiger partial charge in [0, 0.05) is 5.92 Å². The third-order valence-electron chi connectivity index (χ3n) is 7.15. The first-order chi connectivity index (χ1) is 20.4. The summed E-state index contributed by atoms with van der Waals surface area (Å²) in [7, 11) is 0. The summed E-state index contributed by atoms with van der Waals surface area (Å²) in [4.78, 5) is 41.5. The van der Waals surface area contributed by atoms with Crippen molar-refractivity contribution >= 4 is 23.7 Å². The molecule has 2 atom stereocenters. The van der Waals surface area contributed by atoms with E-state index in [1.807, 2.05) is 66.7 Å². The van der Waals surface area contributed by atoms with Gasteiger partial charge in [-0.1, -0.05) is 78.9 Å². The zero-order valence-corrected chi connectivity index (χ0v) is 23.0. The normalized spacial score (nSPS) is 13.4. The Morgan fingerprint density at radius 1 is 0.881 bits per heavy atom. The van der Waals surface area contributed by atoms with E-state index in [-0.39, 0.29) is 25.6 Å². The van der Waals surface area contributed by atoms with E-state index < -0.39 is 30.1 Å². The van der Waals surface area contributed by atoms with Gasteiger partial charge in [-0.3, -0.25) is 14.6 Å². The fourth-order valence-electron chi connectivity index (χ4n) is 5.04. The van der Waals surface area contributed by atoms with Gasteiger partial charge in [0.05, 0.1) is 36.7 Å². The van der Waals surface area contributed by atoms with E-state index in [0.29, 0.717) is 11.4 Å². The fraction of sp³-hybridized carbons (Fsp3) is 0.212. The summed E-state index contributed by atoms with van der Waals surface area (Å²) in [6, 6.07) is 27.6. The molecule has 3 N–H and O–H groups in total. The molecule has 9 heteroatoms. The Balaban J connectivity index is 1.27. The van der Waals surface area contributed by atoms with Crippen LogP contribution in [0.15, 0.2) is 97.2 Å². The summed E-state index contributed by atoms with van der Waals surface area (Å²) in [5.74, 6) is -1.66. The second-order valence-electron chi connectivity index (χ2n) is 10.0. The number of hydrogen-bond acceptors (Lipinski definition) is 6. The average Bonchev–Trinajstić information content (AvgIpc) is 3.32. The van der Waals surface area contributed by atoms with E-state index in [0.717, 1.165) is 27.8 Å². The standard InChI is InChI=1S/C33H31N3O6/c1-21(41-19-22-9-3-2-4-10-22)31(32(39)35-24-16-15-23(34-18-24)17-30(37)38)36-33(40)42-20-29-27-13-7-5-11-25(27)26-12-6-8-14-28(26)29/h2-16,18,21,29,31H,17,19-20H2,1H3,(H,35,39)(H,36,40)(H,37,38). The molecule has 42 heavy (non-hydrogen) atoms. The van der Waals surface area contributed by atoms with Crippen LogP contribution in [0, 0.1) is 0 Å². The Morgan fingerprint density at radius 3 is 2.14 bits per heavy atom. The molecule has 3 aromatic carbocycles. The first-order valence-electron chi connectivity index (χ1n) is 13.6. The molecule has 1 aliphatic carbocycles. The number of hydrogen-bond donors (Lipinski definition) is 3. The molecule has 0 spiro atoms. The lowest BCUT2D eigenvalue weighted by Crippen LogP contribution is -2.51. The van der Waals surface area contributed by atoms with E-state index in [1.54, 1.807) is 13.0 Å². The molecule has 0 radical (unpaired) electrons. The van der Waals surface area contributed by atoms with Crippen LogP contribution in [-0.2, 0) is 32.1 Å². The molecular formula is C33H31N3O6. The quantitative estimate of drug-likeness (QED) is 0.229. The monoisotopic (exact) mass is 565 g/mol. The molecule has 0 saturated carbocycles. The van der Waals surface area contributed by atoms with Gasteiger partial charge < -0.3 is 25.2 Å². The Labute approximate surface area is 243 Å². The number of carbonyl (C=O) groups is 3. The predicted molar refractivity (Wildman–Crippen MR) is 157 cm³/mol. The molecule has 0 saturated heterocycles. The SMILES string of the molecule is CC(OCc1ccccc1)C(NC(=O)OCC1c2ccccc2-c2ccccc21)C(=O)Nc1ccc(CC(=O)O)nc1. The van der Waals surface area contributed by atoms with Crippen LogP contribution in [0.3, 0.4) is 0 Å². The lowest BCUT2D eigenvalue weighted by Gasteiger charge is -2.25. The third-order valence-corrected chi connectivity index (χ3v) is 7.15. The lowest BCUT2D eigenvalue weighted by atomic mass is 9.98. The molecule has 1 aliphatic rings. The Hall–Kier alpha value is -5.02. The molecule has 0 bridgehead atoms. The minimum atomic E-state index is -1.09. The Kier molecular flexibility index (Phi) is 8.89. The summed E-state index contributed by atoms with van der Waals surface area (Å²) in [6.45, 7) is 2.04. The van der Waals surface area contributed by atoms with Crippen molar-refractivity contribution in [3.8, 4) is 11.1 Å². The number of anilines is 1. The van der Waals surface area contributed by atoms with Crippen molar-refractivity contribution in [2.75, 3.05) is 11.9 Å². The van der Waals surface area contributed by atoms with Crippen LogP contribution in [0.2, 0.25) is 0 Å². The number of carboxylic acid groups (broad SMARTS) is 1. The second-order valence-corrected chi connectivity index (χ2v) is 10.0. The van der Waals surface area contributed by atoms with Crippen molar-refractivity contribution in [2.24, 2.45) is 0 Å². The van der Waals surface area contributed by atoms with Gasteiger partial charge >= 0.3 is 12.1 Å². The van der Waals surface area contributed by atoms with Crippen molar-refractivity contribution in [3.05, 3.63) is 120 Å². The highest BCUT2D eigenvalue weighted by Gasteiger charge is 2.31. The number of benzene rings is 3. The van der Waals surface area contributed by atoms with Gasteiger partial charge in [-0.25, -0.2) is 4.79 Å². The molecule has 2 amide bonds. The van der Waals surface area contributed by atoms with Gasteiger partial charge in [-0.05, 0) is 46.9 Å². The highest BCUT2D eigenvalue weighted by molar-refractivity contribution is 5.97. The molecule has 1 heterocycles. The zero-order valence-electron chi connectivity index (χ0n) is 23.0. The van der Waals surface area contributed by atoms with Gasteiger partial charge in [0.15, 0.2) is 0 Å². The van der Waals surface area contributed by atoms with E-state index in [2.05, 4.69) is 27.8 Å². The number of carbonyl (C=O) groups excluding carboxylic acids is 2. The number of rotatable bonds is 11. The van der Waals surface area contributed by atoms with E-state index in [1.165, 1.54) is 12.3 Å². The van der Waals surface area contributed by atoms with Crippen LogP contribution in [-0.4, -0.2) is 46.8 Å². The summed E-state index contributed by atoms with van der Waals surface area (Å²) < 4.78 is 11.7. The van der Waals surface area contributed by atoms with Gasteiger partial charge in [0.1, 0.15) is 12.6 Å². The van der Waals surface area contributed by atoms with Crippen LogP contribution < -0.4 is 10.6 Å². The average molecular weight is 566 g/mol. The Bertz CT molecular complexity index is 1510. The number of aliphatic carboxylic acids is 1. The van der Waals surface area contributed by atoms with Gasteiger partial charge in [-0.15, -0.1) is 0 Å². The van der Waals surface area contributed by atoms with Crippen molar-refractivity contribution in [2.45, 2.75) is 38.0 Å². The molecule has 4 aromatic rings. The first-order valence-corrected chi connectivity index (χ1v) is 13.6. The number of aromatic nitrogens is 1. The molecule has 0 aliphatic heterocycles. The predicted octanol–water partition coefficient (Wildman–Crippen LogP) is 5.16. The largest absolute Gasteiger partial charge is 0.481 e. The van der Waals surface area contributed by atoms with Gasteiger partial charge in [-0.2, -0.15) is 0 Å². The van der Waals surface area contributed by atoms with Crippen LogP contribution in [0.5, 0.6) is 0 Å². The third kappa shape index (κ3) is 6.82. The lowest BCUT2D eigenvalue weighted by molar-refractivity contribution is -0.136. The number of carboxylic acids is 1. The van der Waals surface area contributed by atoms with Crippen molar-refractivity contribution in [3.63, 3.8) is 0 Å². The number of alkyl carbamates (subject to hydrolysis) is 1. The van der Waals surface area contributed by atoms with Crippen LogP contribution in [0.4, 0.5) is 10.5 Å². The molecular weight excluding hydrogens is 534 g/mol. The highest BCUT2D eigenvalue weighted by Crippen LogP contribution is 2.44. The Morgan fingerprint density at radius 2 is 1.52 bits per heavy atom. The summed E-state index contributed by atoms with van der Waals surface area (Å²) in [5.41, 5.74) is 6.02. The van der Waals surface area contributed by atoms with Gasteiger partial charge in [0.25, 0.3) is 0 Å². The van der Waals surface area contributed by atoms with Crippen LogP contribution in [0.1, 0.15) is 35.2 Å². The smallest absolute Gasteiger partial charge is 0.407 e. The number of amides is 2. The number of nitrogens with zero attached hydrogens (tertiary/aromatic N) is 1. The number of fused-ring (bicyclic) bond motifs is 3. The molecule has 1 aromatic heterocycles. The molecule has 9 nitrogen and oxygen atoms in total. The van der Waals surface area contributed by atoms with E-state index >= 15 is 0 Å². The molecule has 214 valence electrons.